The molecule has 0 aliphatic heterocycles. The summed E-state index contributed by atoms with van der Waals surface area (Å²) in [5.41, 5.74) is 2.82. The lowest BCUT2D eigenvalue weighted by atomic mass is 10.1. The lowest BCUT2D eigenvalue weighted by Crippen LogP contribution is -2.34. The molecule has 0 spiro atoms. The van der Waals surface area contributed by atoms with E-state index in [2.05, 4.69) is 31.6 Å². The molecule has 1 heterocycles. The van der Waals surface area contributed by atoms with Gasteiger partial charge in [0.05, 0.1) is 18.1 Å². The van der Waals surface area contributed by atoms with Crippen LogP contribution in [0.2, 0.25) is 0 Å². The van der Waals surface area contributed by atoms with Gasteiger partial charge in [-0.25, -0.2) is 4.68 Å². The number of amides is 2. The second-order valence-corrected chi connectivity index (χ2v) is 8.31. The molecule has 3 aromatic rings. The fraction of sp³-hybridized carbons (Fsp3) is 0.333. The van der Waals surface area contributed by atoms with Crippen LogP contribution in [0.25, 0.3) is 11.0 Å². The average molecular weight is 456 g/mol. The predicted octanol–water partition coefficient (Wildman–Crippen LogP) is 4.02. The molecule has 1 aliphatic carbocycles. The predicted molar refractivity (Wildman–Crippen MR) is 115 cm³/mol. The van der Waals surface area contributed by atoms with Gasteiger partial charge in [0.15, 0.2) is 0 Å². The highest BCUT2D eigenvalue weighted by atomic mass is 79.9. The summed E-state index contributed by atoms with van der Waals surface area (Å²) in [4.78, 5) is 26.5. The van der Waals surface area contributed by atoms with E-state index in [-0.39, 0.29) is 18.4 Å². The van der Waals surface area contributed by atoms with Crippen LogP contribution in [0.1, 0.15) is 42.1 Å². The number of likely N-dealkylation sites (N-methyl/N-ethyl adjacent to an activating group) is 1. The minimum atomic E-state index is -0.257. The van der Waals surface area contributed by atoms with Crippen LogP contribution in [0.3, 0.4) is 0 Å². The van der Waals surface area contributed by atoms with Crippen LogP contribution in [0.5, 0.6) is 0 Å². The summed E-state index contributed by atoms with van der Waals surface area (Å²) in [7, 11) is 1.61. The largest absolute Gasteiger partial charge is 0.332 e. The van der Waals surface area contributed by atoms with Crippen molar-refractivity contribution in [1.29, 1.82) is 0 Å². The second-order valence-electron chi connectivity index (χ2n) is 7.40. The Balaban J connectivity index is 1.44. The molecule has 150 valence electrons. The molecule has 0 bridgehead atoms. The Hall–Kier alpha value is -2.74. The number of aromatic nitrogens is 3. The number of halogens is 1. The van der Waals surface area contributed by atoms with E-state index in [0.717, 1.165) is 22.8 Å². The third-order valence-corrected chi connectivity index (χ3v) is 5.72. The number of rotatable bonds is 5. The molecule has 2 aromatic carbocycles. The van der Waals surface area contributed by atoms with Crippen molar-refractivity contribution in [3.8, 4) is 0 Å². The SMILES string of the molecule is CN(CC(=O)Nc1cccc(Br)c1)C(=O)c1ccc2c(c1)nnn2C1CCCC1. The number of nitrogens with one attached hydrogen (secondary N) is 1. The monoisotopic (exact) mass is 455 g/mol. The fourth-order valence-corrected chi connectivity index (χ4v) is 4.17. The summed E-state index contributed by atoms with van der Waals surface area (Å²) in [6, 6.07) is 13.1. The number of nitrogens with zero attached hydrogens (tertiary/aromatic N) is 4. The highest BCUT2D eigenvalue weighted by Crippen LogP contribution is 2.31. The van der Waals surface area contributed by atoms with Gasteiger partial charge < -0.3 is 10.2 Å². The summed E-state index contributed by atoms with van der Waals surface area (Å²) in [5.74, 6) is -0.487. The number of fused-ring (bicyclic) bond motifs is 1. The van der Waals surface area contributed by atoms with Crippen molar-refractivity contribution in [3.05, 3.63) is 52.5 Å². The zero-order valence-electron chi connectivity index (χ0n) is 16.1. The highest BCUT2D eigenvalue weighted by molar-refractivity contribution is 9.10. The molecule has 0 saturated heterocycles. The summed E-state index contributed by atoms with van der Waals surface area (Å²) in [6.07, 6.45) is 4.68. The number of carbonyl (C=O) groups excluding carboxylic acids is 2. The third kappa shape index (κ3) is 4.32. The first-order valence-corrected chi connectivity index (χ1v) is 10.5. The van der Waals surface area contributed by atoms with Crippen LogP contribution >= 0.6 is 15.9 Å². The molecule has 2 amide bonds. The molecule has 1 aromatic heterocycles. The van der Waals surface area contributed by atoms with E-state index in [0.29, 0.717) is 22.8 Å². The summed E-state index contributed by atoms with van der Waals surface area (Å²) < 4.78 is 2.85. The van der Waals surface area contributed by atoms with Gasteiger partial charge in [-0.15, -0.1) is 5.10 Å². The van der Waals surface area contributed by atoms with E-state index in [4.69, 9.17) is 0 Å². The van der Waals surface area contributed by atoms with Gasteiger partial charge >= 0.3 is 0 Å². The highest BCUT2D eigenvalue weighted by Gasteiger charge is 2.21. The van der Waals surface area contributed by atoms with Crippen LogP contribution in [0.4, 0.5) is 5.69 Å². The van der Waals surface area contributed by atoms with Gasteiger partial charge in [0, 0.05) is 22.8 Å². The standard InChI is InChI=1S/C21H22BrN5O2/c1-26(13-20(28)23-16-6-4-5-15(22)12-16)21(29)14-9-10-19-18(11-14)24-25-27(19)17-7-2-3-8-17/h4-6,9-12,17H,2-3,7-8,13H2,1H3,(H,23,28). The van der Waals surface area contributed by atoms with E-state index < -0.39 is 0 Å². The van der Waals surface area contributed by atoms with Crippen LogP contribution < -0.4 is 5.32 Å². The van der Waals surface area contributed by atoms with Crippen LogP contribution in [-0.4, -0.2) is 45.3 Å². The maximum Gasteiger partial charge on any atom is 0.254 e. The van der Waals surface area contributed by atoms with Crippen molar-refractivity contribution >= 4 is 44.5 Å². The topological polar surface area (TPSA) is 80.1 Å². The Bertz CT molecular complexity index is 1060. The van der Waals surface area contributed by atoms with Crippen LogP contribution in [0.15, 0.2) is 46.9 Å². The molecule has 29 heavy (non-hydrogen) atoms. The molecule has 8 heteroatoms. The number of anilines is 1. The van der Waals surface area contributed by atoms with Gasteiger partial charge in [0.2, 0.25) is 5.91 Å². The van der Waals surface area contributed by atoms with Gasteiger partial charge in [0.25, 0.3) is 5.91 Å². The average Bonchev–Trinajstić information content (AvgIpc) is 3.36. The van der Waals surface area contributed by atoms with E-state index >= 15 is 0 Å². The number of hydrogen-bond acceptors (Lipinski definition) is 4. The quantitative estimate of drug-likeness (QED) is 0.629. The van der Waals surface area contributed by atoms with Gasteiger partial charge in [-0.3, -0.25) is 9.59 Å². The first-order valence-electron chi connectivity index (χ1n) is 9.67. The summed E-state index contributed by atoms with van der Waals surface area (Å²) in [5, 5.41) is 11.3. The molecular weight excluding hydrogens is 434 g/mol. The van der Waals surface area contributed by atoms with Crippen molar-refractivity contribution in [2.45, 2.75) is 31.7 Å². The maximum atomic E-state index is 12.8. The Morgan fingerprint density at radius 2 is 2.00 bits per heavy atom. The van der Waals surface area contributed by atoms with Crippen molar-refractivity contribution in [1.82, 2.24) is 19.9 Å². The maximum absolute atomic E-state index is 12.8. The van der Waals surface area contributed by atoms with Crippen LogP contribution in [-0.2, 0) is 4.79 Å². The Morgan fingerprint density at radius 3 is 2.76 bits per heavy atom. The zero-order valence-corrected chi connectivity index (χ0v) is 17.7. The smallest absolute Gasteiger partial charge is 0.254 e. The number of benzene rings is 2. The van der Waals surface area contributed by atoms with Crippen molar-refractivity contribution in [2.24, 2.45) is 0 Å². The molecule has 7 nitrogen and oxygen atoms in total. The fourth-order valence-electron chi connectivity index (χ4n) is 3.77. The minimum Gasteiger partial charge on any atom is -0.332 e. The number of hydrogen-bond donors (Lipinski definition) is 1. The first kappa shape index (κ1) is 19.6. The van der Waals surface area contributed by atoms with E-state index in [1.807, 2.05) is 22.9 Å². The van der Waals surface area contributed by atoms with Crippen molar-refractivity contribution in [3.63, 3.8) is 0 Å². The molecule has 1 saturated carbocycles. The first-order chi connectivity index (χ1) is 14.0. The molecular formula is C21H22BrN5O2. The Morgan fingerprint density at radius 1 is 1.21 bits per heavy atom. The normalized spacial score (nSPS) is 14.3. The molecule has 4 rings (SSSR count). The van der Waals surface area contributed by atoms with Crippen molar-refractivity contribution < 1.29 is 9.59 Å². The lowest BCUT2D eigenvalue weighted by molar-refractivity contribution is -0.116. The van der Waals surface area contributed by atoms with Crippen LogP contribution in [0, 0.1) is 0 Å². The summed E-state index contributed by atoms with van der Waals surface area (Å²) >= 11 is 3.37. The molecule has 1 fully saturated rings. The van der Waals surface area contributed by atoms with Gasteiger partial charge in [-0.1, -0.05) is 40.1 Å². The molecule has 1 N–H and O–H groups in total. The van der Waals surface area contributed by atoms with Gasteiger partial charge in [0.1, 0.15) is 5.52 Å². The third-order valence-electron chi connectivity index (χ3n) is 5.22. The van der Waals surface area contributed by atoms with Gasteiger partial charge in [-0.05, 0) is 49.2 Å². The lowest BCUT2D eigenvalue weighted by Gasteiger charge is -2.17. The zero-order chi connectivity index (χ0) is 20.4. The molecule has 0 unspecified atom stereocenters. The van der Waals surface area contributed by atoms with E-state index in [1.165, 1.54) is 17.7 Å². The number of carbonyl (C=O) groups is 2. The molecule has 0 atom stereocenters. The van der Waals surface area contributed by atoms with E-state index in [9.17, 15) is 9.59 Å². The minimum absolute atomic E-state index is 0.0435. The Labute approximate surface area is 177 Å². The molecule has 0 radical (unpaired) electrons. The van der Waals surface area contributed by atoms with Crippen molar-refractivity contribution in [2.75, 3.05) is 18.9 Å². The molecule has 1 aliphatic rings. The summed E-state index contributed by atoms with van der Waals surface area (Å²) in [6.45, 7) is -0.0435. The van der Waals surface area contributed by atoms with E-state index in [1.54, 1.807) is 31.3 Å². The second kappa shape index (κ2) is 8.32. The Kier molecular flexibility index (Phi) is 5.62. The van der Waals surface area contributed by atoms with Gasteiger partial charge in [-0.2, -0.15) is 0 Å².